The fraction of sp³-hybridized carbons (Fsp3) is 0.412. The van der Waals surface area contributed by atoms with Crippen molar-refractivity contribution in [2.75, 3.05) is 56.1 Å². The molecule has 2 saturated heterocycles. The Hall–Kier alpha value is -4.56. The molecule has 250 valence electrons. The zero-order chi connectivity index (χ0) is 33.3. The second-order valence-corrected chi connectivity index (χ2v) is 11.6. The normalized spacial score (nSPS) is 21.6. The summed E-state index contributed by atoms with van der Waals surface area (Å²) in [6, 6.07) is 21.1. The summed E-state index contributed by atoms with van der Waals surface area (Å²) in [5.41, 5.74) is 4.06. The van der Waals surface area contributed by atoms with Crippen molar-refractivity contribution in [2.24, 2.45) is 5.92 Å². The maximum Gasteiger partial charge on any atom is 0.325 e. The summed E-state index contributed by atoms with van der Waals surface area (Å²) in [5, 5.41) is 25.8. The van der Waals surface area contributed by atoms with E-state index in [-0.39, 0.29) is 43.6 Å². The number of nitrogens with zero attached hydrogens (tertiary/aromatic N) is 3. The first kappa shape index (κ1) is 33.8. The molecular weight excluding hydrogens is 606 g/mol. The maximum atomic E-state index is 12.4. The van der Waals surface area contributed by atoms with Crippen LogP contribution in [0.3, 0.4) is 0 Å². The van der Waals surface area contributed by atoms with E-state index in [0.717, 1.165) is 48.6 Å². The van der Waals surface area contributed by atoms with Gasteiger partial charge in [0.1, 0.15) is 6.54 Å². The van der Waals surface area contributed by atoms with E-state index in [9.17, 15) is 24.8 Å². The predicted octanol–water partition coefficient (Wildman–Crippen LogP) is 4.39. The number of aliphatic hydroxyl groups excluding tert-OH is 1. The van der Waals surface area contributed by atoms with E-state index in [0.29, 0.717) is 12.2 Å². The first-order chi connectivity index (χ1) is 22.7. The number of carbonyl (C=O) groups is 2. The summed E-state index contributed by atoms with van der Waals surface area (Å²) in [4.78, 5) is 39.3. The number of esters is 1. The van der Waals surface area contributed by atoms with Crippen molar-refractivity contribution in [1.82, 2.24) is 10.2 Å². The molecule has 3 aromatic rings. The van der Waals surface area contributed by atoms with Crippen molar-refractivity contribution in [3.05, 3.63) is 99.6 Å². The molecule has 2 heterocycles. The van der Waals surface area contributed by atoms with Crippen molar-refractivity contribution < 1.29 is 33.8 Å². The molecule has 2 fully saturated rings. The smallest absolute Gasteiger partial charge is 0.325 e. The van der Waals surface area contributed by atoms with Crippen molar-refractivity contribution >= 4 is 29.1 Å². The third kappa shape index (κ3) is 8.83. The number of amides is 2. The van der Waals surface area contributed by atoms with Gasteiger partial charge in [0.2, 0.25) is 0 Å². The number of carbonyl (C=O) groups excluding carboxylic acids is 2. The predicted molar refractivity (Wildman–Crippen MR) is 175 cm³/mol. The second kappa shape index (κ2) is 15.8. The molecule has 5 rings (SSSR count). The minimum Gasteiger partial charge on any atom is -0.465 e. The van der Waals surface area contributed by atoms with Gasteiger partial charge in [-0.15, -0.1) is 0 Å². The van der Waals surface area contributed by atoms with Crippen LogP contribution >= 0.6 is 0 Å². The van der Waals surface area contributed by atoms with E-state index in [1.54, 1.807) is 37.3 Å². The summed E-state index contributed by atoms with van der Waals surface area (Å²) in [7, 11) is 0. The van der Waals surface area contributed by atoms with Crippen LogP contribution in [0.2, 0.25) is 0 Å². The highest BCUT2D eigenvalue weighted by Crippen LogP contribution is 2.42. The molecule has 47 heavy (non-hydrogen) atoms. The molecule has 3 aromatic carbocycles. The van der Waals surface area contributed by atoms with Crippen LogP contribution in [-0.4, -0.2) is 78.9 Å². The number of nitro groups is 1. The van der Waals surface area contributed by atoms with E-state index in [1.807, 2.05) is 30.3 Å². The van der Waals surface area contributed by atoms with Gasteiger partial charge in [-0.25, -0.2) is 4.79 Å². The van der Waals surface area contributed by atoms with Crippen molar-refractivity contribution in [3.8, 4) is 0 Å². The largest absolute Gasteiger partial charge is 0.465 e. The minimum atomic E-state index is -0.718. The number of non-ortho nitro benzene ring substituents is 1. The summed E-state index contributed by atoms with van der Waals surface area (Å²) in [5.74, 6) is -0.528. The lowest BCUT2D eigenvalue weighted by Crippen LogP contribution is -2.51. The minimum absolute atomic E-state index is 0.00566. The number of nitrogens with one attached hydrogen (secondary N) is 2. The van der Waals surface area contributed by atoms with Gasteiger partial charge in [0.05, 0.1) is 30.3 Å². The summed E-state index contributed by atoms with van der Waals surface area (Å²) >= 11 is 0. The highest BCUT2D eigenvalue weighted by atomic mass is 16.7. The molecule has 13 heteroatoms. The molecule has 2 aliphatic heterocycles. The number of hydrogen-bond donors (Lipinski definition) is 3. The zero-order valence-corrected chi connectivity index (χ0v) is 26.5. The number of rotatable bonds is 11. The van der Waals surface area contributed by atoms with E-state index >= 15 is 0 Å². The Morgan fingerprint density at radius 2 is 1.72 bits per heavy atom. The first-order valence-corrected chi connectivity index (χ1v) is 15.8. The number of aliphatic hydroxyl groups is 1. The number of piperazine rings is 1. The summed E-state index contributed by atoms with van der Waals surface area (Å²) in [6.45, 7) is 7.57. The molecule has 0 aromatic heterocycles. The van der Waals surface area contributed by atoms with Crippen LogP contribution < -0.4 is 15.5 Å². The highest BCUT2D eigenvalue weighted by molar-refractivity contribution is 5.91. The summed E-state index contributed by atoms with van der Waals surface area (Å²) in [6.07, 6.45) is -1.20. The molecule has 4 atom stereocenters. The quantitative estimate of drug-likeness (QED) is 0.155. The Labute approximate surface area is 273 Å². The van der Waals surface area contributed by atoms with Gasteiger partial charge < -0.3 is 34.9 Å². The molecule has 0 saturated carbocycles. The fourth-order valence-electron chi connectivity index (χ4n) is 5.86. The van der Waals surface area contributed by atoms with Gasteiger partial charge >= 0.3 is 12.0 Å². The Morgan fingerprint density at radius 3 is 2.38 bits per heavy atom. The molecule has 2 aliphatic rings. The average Bonchev–Trinajstić information content (AvgIpc) is 3.09. The topological polar surface area (TPSA) is 156 Å². The Bertz CT molecular complexity index is 1510. The Morgan fingerprint density at radius 1 is 1.00 bits per heavy atom. The van der Waals surface area contributed by atoms with Crippen molar-refractivity contribution in [3.63, 3.8) is 0 Å². The molecule has 0 bridgehead atoms. The number of nitro benzene ring substituents is 1. The standard InChI is InChI=1S/C34H41N5O8/c1-3-45-31(41)20-35-34(42)36-27-6-4-5-26(19-27)33-46-30(23(2)32(47-33)25-9-7-24(22-40)8-10-25)21-37-15-17-38(18-16-37)28-11-13-29(14-12-28)39(43)44/h4-14,19,23,30,32-33,40H,3,15-18,20-22H2,1-2H3,(H2,35,36,42)/t23-,30+,32+,33+/m1/s1. The third-order valence-electron chi connectivity index (χ3n) is 8.47. The first-order valence-electron chi connectivity index (χ1n) is 15.8. The van der Waals surface area contributed by atoms with Crippen LogP contribution in [0.1, 0.15) is 42.9 Å². The third-order valence-corrected chi connectivity index (χ3v) is 8.47. The lowest BCUT2D eigenvalue weighted by atomic mass is 9.90. The zero-order valence-electron chi connectivity index (χ0n) is 26.5. The lowest BCUT2D eigenvalue weighted by molar-refractivity contribution is -0.384. The molecule has 0 spiro atoms. The van der Waals surface area contributed by atoms with Crippen LogP contribution in [0, 0.1) is 16.0 Å². The second-order valence-electron chi connectivity index (χ2n) is 11.6. The Balaban J connectivity index is 1.28. The number of ether oxygens (including phenoxy) is 3. The monoisotopic (exact) mass is 647 g/mol. The summed E-state index contributed by atoms with van der Waals surface area (Å²) < 4.78 is 18.1. The average molecular weight is 648 g/mol. The van der Waals surface area contributed by atoms with Crippen LogP contribution in [0.25, 0.3) is 0 Å². The fourth-order valence-corrected chi connectivity index (χ4v) is 5.86. The van der Waals surface area contributed by atoms with Gasteiger partial charge in [0.25, 0.3) is 5.69 Å². The molecule has 0 unspecified atom stereocenters. The van der Waals surface area contributed by atoms with Crippen LogP contribution in [0.4, 0.5) is 21.9 Å². The van der Waals surface area contributed by atoms with Gasteiger partial charge in [-0.3, -0.25) is 19.8 Å². The van der Waals surface area contributed by atoms with Crippen molar-refractivity contribution in [2.45, 2.75) is 39.0 Å². The van der Waals surface area contributed by atoms with Crippen LogP contribution in [0.15, 0.2) is 72.8 Å². The van der Waals surface area contributed by atoms with E-state index in [4.69, 9.17) is 14.2 Å². The van der Waals surface area contributed by atoms with E-state index < -0.39 is 23.2 Å². The SMILES string of the molecule is CCOC(=O)CNC(=O)Nc1cccc([C@H]2O[C@@H](CN3CCN(c4ccc([N+](=O)[O-])cc4)CC3)[C@@H](C)[C@@H](c3ccc(CO)cc3)O2)c1. The highest BCUT2D eigenvalue weighted by Gasteiger charge is 2.39. The number of anilines is 2. The van der Waals surface area contributed by atoms with Gasteiger partial charge in [-0.05, 0) is 42.3 Å². The molecule has 2 amide bonds. The molecular formula is C34H41N5O8. The number of urea groups is 1. The van der Waals surface area contributed by atoms with Gasteiger partial charge in [0.15, 0.2) is 6.29 Å². The van der Waals surface area contributed by atoms with Gasteiger partial charge in [0, 0.05) is 67.7 Å². The maximum absolute atomic E-state index is 12.4. The van der Waals surface area contributed by atoms with E-state index in [2.05, 4.69) is 27.4 Å². The lowest BCUT2D eigenvalue weighted by Gasteiger charge is -2.44. The van der Waals surface area contributed by atoms with Gasteiger partial charge in [-0.1, -0.05) is 43.3 Å². The van der Waals surface area contributed by atoms with Crippen LogP contribution in [-0.2, 0) is 25.6 Å². The molecule has 0 aliphatic carbocycles. The Kier molecular flexibility index (Phi) is 11.4. The molecule has 13 nitrogen and oxygen atoms in total. The number of hydrogen-bond acceptors (Lipinski definition) is 10. The number of benzene rings is 3. The van der Waals surface area contributed by atoms with Gasteiger partial charge in [-0.2, -0.15) is 0 Å². The molecule has 3 N–H and O–H groups in total. The van der Waals surface area contributed by atoms with Crippen molar-refractivity contribution in [1.29, 1.82) is 0 Å². The van der Waals surface area contributed by atoms with E-state index in [1.165, 1.54) is 12.1 Å². The molecule has 0 radical (unpaired) electrons. The van der Waals surface area contributed by atoms with Crippen LogP contribution in [0.5, 0.6) is 0 Å².